The fourth-order valence-corrected chi connectivity index (χ4v) is 6.02. The smallest absolute Gasteiger partial charge is 0.326 e. The van der Waals surface area contributed by atoms with Gasteiger partial charge in [-0.05, 0) is 91.2 Å². The number of hydrogen-bond donors (Lipinski definition) is 2. The van der Waals surface area contributed by atoms with Gasteiger partial charge in [0.1, 0.15) is 11.8 Å². The zero-order valence-electron chi connectivity index (χ0n) is 22.3. The molecule has 1 aliphatic heterocycles. The lowest BCUT2D eigenvalue weighted by atomic mass is 9.73. The summed E-state index contributed by atoms with van der Waals surface area (Å²) in [6.45, 7) is 5.57. The summed E-state index contributed by atoms with van der Waals surface area (Å²) < 4.78 is 44.6. The highest BCUT2D eigenvalue weighted by atomic mass is 35.5. The van der Waals surface area contributed by atoms with E-state index in [1.54, 1.807) is 47.4 Å². The Morgan fingerprint density at radius 2 is 1.90 bits per heavy atom. The standard InChI is InChI=1S/C30H31ClF3N5O/c1-18(2)28(19-9-12-35-13-10-19)23-8-6-21(15-24(23)30(32,33)34)38-27(40)14-20-5-7-22(16-25(20)31)39-17-37-26-4-3-11-36-29(26)39/h3-8,11,15-19,28,35H,9-10,12-14H2,1-2H3,(H,38,40). The van der Waals surface area contributed by atoms with E-state index >= 15 is 0 Å². The molecule has 40 heavy (non-hydrogen) atoms. The summed E-state index contributed by atoms with van der Waals surface area (Å²) in [4.78, 5) is 21.6. The van der Waals surface area contributed by atoms with Crippen molar-refractivity contribution < 1.29 is 18.0 Å². The molecule has 0 aliphatic carbocycles. The number of hydrogen-bond acceptors (Lipinski definition) is 4. The van der Waals surface area contributed by atoms with Crippen LogP contribution < -0.4 is 10.6 Å². The predicted molar refractivity (Wildman–Crippen MR) is 151 cm³/mol. The molecule has 0 radical (unpaired) electrons. The highest BCUT2D eigenvalue weighted by Gasteiger charge is 2.38. The lowest BCUT2D eigenvalue weighted by molar-refractivity contribution is -0.138. The van der Waals surface area contributed by atoms with Crippen molar-refractivity contribution in [3.8, 4) is 5.69 Å². The van der Waals surface area contributed by atoms with E-state index in [9.17, 15) is 18.0 Å². The molecule has 2 aromatic heterocycles. The minimum Gasteiger partial charge on any atom is -0.326 e. The number of carbonyl (C=O) groups is 1. The van der Waals surface area contributed by atoms with Gasteiger partial charge in [-0.3, -0.25) is 9.36 Å². The molecular weight excluding hydrogens is 539 g/mol. The maximum Gasteiger partial charge on any atom is 0.416 e. The Balaban J connectivity index is 1.35. The molecule has 5 rings (SSSR count). The van der Waals surface area contributed by atoms with Gasteiger partial charge < -0.3 is 10.6 Å². The second-order valence-electron chi connectivity index (χ2n) is 10.6. The van der Waals surface area contributed by atoms with Gasteiger partial charge in [-0.15, -0.1) is 0 Å². The van der Waals surface area contributed by atoms with Crippen LogP contribution in [0.5, 0.6) is 0 Å². The van der Waals surface area contributed by atoms with Gasteiger partial charge in [0.25, 0.3) is 0 Å². The van der Waals surface area contributed by atoms with Crippen LogP contribution in [0.1, 0.15) is 49.3 Å². The molecule has 2 N–H and O–H groups in total. The van der Waals surface area contributed by atoms with Crippen LogP contribution in [0.25, 0.3) is 16.9 Å². The second-order valence-corrected chi connectivity index (χ2v) is 11.0. The molecular formula is C30H31ClF3N5O. The number of aromatic nitrogens is 3. The van der Waals surface area contributed by atoms with Crippen LogP contribution in [-0.2, 0) is 17.4 Å². The molecule has 0 spiro atoms. The van der Waals surface area contributed by atoms with Crippen molar-refractivity contribution in [3.05, 3.63) is 82.8 Å². The van der Waals surface area contributed by atoms with Crippen LogP contribution >= 0.6 is 11.6 Å². The van der Waals surface area contributed by atoms with Crippen molar-refractivity contribution in [1.82, 2.24) is 19.9 Å². The van der Waals surface area contributed by atoms with Crippen molar-refractivity contribution in [2.75, 3.05) is 18.4 Å². The van der Waals surface area contributed by atoms with Gasteiger partial charge >= 0.3 is 6.18 Å². The molecule has 210 valence electrons. The number of imidazole rings is 1. The summed E-state index contributed by atoms with van der Waals surface area (Å²) in [5, 5.41) is 6.29. The second kappa shape index (κ2) is 11.6. The van der Waals surface area contributed by atoms with E-state index in [0.717, 1.165) is 43.2 Å². The summed E-state index contributed by atoms with van der Waals surface area (Å²) in [6.07, 6.45) is 0.370. The fraction of sp³-hybridized carbons (Fsp3) is 0.367. The third kappa shape index (κ3) is 6.00. The number of pyridine rings is 1. The van der Waals surface area contributed by atoms with E-state index in [-0.39, 0.29) is 29.9 Å². The highest BCUT2D eigenvalue weighted by Crippen LogP contribution is 2.44. The number of halogens is 4. The Labute approximate surface area is 236 Å². The third-order valence-electron chi connectivity index (χ3n) is 7.58. The van der Waals surface area contributed by atoms with Gasteiger partial charge in [-0.25, -0.2) is 9.97 Å². The highest BCUT2D eigenvalue weighted by molar-refractivity contribution is 6.31. The lowest BCUT2D eigenvalue weighted by Crippen LogP contribution is -2.33. The van der Waals surface area contributed by atoms with Gasteiger partial charge in [0.15, 0.2) is 5.65 Å². The molecule has 0 saturated carbocycles. The minimum atomic E-state index is -4.54. The van der Waals surface area contributed by atoms with Gasteiger partial charge in [0, 0.05) is 16.9 Å². The Bertz CT molecular complexity index is 1510. The number of rotatable bonds is 7. The maximum atomic E-state index is 14.3. The summed E-state index contributed by atoms with van der Waals surface area (Å²) in [7, 11) is 0. The number of fused-ring (bicyclic) bond motifs is 1. The van der Waals surface area contributed by atoms with Crippen LogP contribution in [0.4, 0.5) is 18.9 Å². The summed E-state index contributed by atoms with van der Waals surface area (Å²) in [6, 6.07) is 13.1. The molecule has 1 amide bonds. The first-order chi connectivity index (χ1) is 19.1. The molecule has 10 heteroatoms. The first-order valence-electron chi connectivity index (χ1n) is 13.4. The van der Waals surface area contributed by atoms with E-state index in [1.165, 1.54) is 6.07 Å². The number of nitrogens with zero attached hydrogens (tertiary/aromatic N) is 3. The Hall–Kier alpha value is -3.43. The van der Waals surface area contributed by atoms with Crippen LogP contribution in [0.15, 0.2) is 61.1 Å². The zero-order chi connectivity index (χ0) is 28.4. The lowest BCUT2D eigenvalue weighted by Gasteiger charge is -2.35. The van der Waals surface area contributed by atoms with Gasteiger partial charge in [0.05, 0.1) is 17.7 Å². The number of carbonyl (C=O) groups excluding carboxylic acids is 1. The third-order valence-corrected chi connectivity index (χ3v) is 7.94. The molecule has 1 unspecified atom stereocenters. The Morgan fingerprint density at radius 1 is 1.12 bits per heavy atom. The van der Waals surface area contributed by atoms with Crippen molar-refractivity contribution in [2.24, 2.45) is 11.8 Å². The number of piperidine rings is 1. The molecule has 0 bridgehead atoms. The molecule has 1 fully saturated rings. The largest absolute Gasteiger partial charge is 0.416 e. The number of amides is 1. The van der Waals surface area contributed by atoms with E-state index in [2.05, 4.69) is 20.6 Å². The number of nitrogens with one attached hydrogen (secondary N) is 2. The first kappa shape index (κ1) is 28.1. The number of anilines is 1. The van der Waals surface area contributed by atoms with Gasteiger partial charge in [-0.1, -0.05) is 37.6 Å². The summed E-state index contributed by atoms with van der Waals surface area (Å²) in [5.74, 6) is -0.456. The average Bonchev–Trinajstić information content (AvgIpc) is 3.35. The summed E-state index contributed by atoms with van der Waals surface area (Å²) >= 11 is 6.50. The molecule has 1 saturated heterocycles. The van der Waals surface area contributed by atoms with Crippen molar-refractivity contribution in [3.63, 3.8) is 0 Å². The fourth-order valence-electron chi connectivity index (χ4n) is 5.78. The summed E-state index contributed by atoms with van der Waals surface area (Å²) in [5.41, 5.74) is 2.42. The molecule has 2 aromatic carbocycles. The zero-order valence-corrected chi connectivity index (χ0v) is 23.1. The van der Waals surface area contributed by atoms with E-state index in [0.29, 0.717) is 21.8 Å². The molecule has 1 aliphatic rings. The van der Waals surface area contributed by atoms with Crippen LogP contribution in [0, 0.1) is 11.8 Å². The maximum absolute atomic E-state index is 14.3. The van der Waals surface area contributed by atoms with Crippen molar-refractivity contribution in [2.45, 2.75) is 45.2 Å². The van der Waals surface area contributed by atoms with Crippen LogP contribution in [0.2, 0.25) is 5.02 Å². The van der Waals surface area contributed by atoms with E-state index in [1.807, 2.05) is 19.9 Å². The molecule has 3 heterocycles. The Morgan fingerprint density at radius 3 is 2.60 bits per heavy atom. The van der Waals surface area contributed by atoms with Crippen molar-refractivity contribution >= 4 is 34.4 Å². The minimum absolute atomic E-state index is 0.0471. The van der Waals surface area contributed by atoms with Crippen LogP contribution in [-0.4, -0.2) is 33.5 Å². The van der Waals surface area contributed by atoms with Gasteiger partial charge in [-0.2, -0.15) is 13.2 Å². The molecule has 4 aromatic rings. The average molecular weight is 570 g/mol. The normalized spacial score (nSPS) is 15.5. The number of benzene rings is 2. The Kier molecular flexibility index (Phi) is 8.14. The van der Waals surface area contributed by atoms with E-state index < -0.39 is 17.6 Å². The quantitative estimate of drug-likeness (QED) is 0.251. The first-order valence-corrected chi connectivity index (χ1v) is 13.8. The van der Waals surface area contributed by atoms with E-state index in [4.69, 9.17) is 11.6 Å². The molecule has 6 nitrogen and oxygen atoms in total. The topological polar surface area (TPSA) is 71.8 Å². The van der Waals surface area contributed by atoms with Crippen molar-refractivity contribution in [1.29, 1.82) is 0 Å². The predicted octanol–water partition coefficient (Wildman–Crippen LogP) is 7.01. The van der Waals surface area contributed by atoms with Gasteiger partial charge in [0.2, 0.25) is 5.91 Å². The van der Waals surface area contributed by atoms with Crippen LogP contribution in [0.3, 0.4) is 0 Å². The number of alkyl halides is 3. The molecule has 1 atom stereocenters. The SMILES string of the molecule is CC(C)C(c1ccc(NC(=O)Cc2ccc(-n3cnc4cccnc43)cc2Cl)cc1C(F)(F)F)C1CCNCC1. The monoisotopic (exact) mass is 569 g/mol.